The van der Waals surface area contributed by atoms with Crippen LogP contribution in [0, 0.1) is 0 Å². The molecule has 3 aliphatic heterocycles. The average Bonchev–Trinajstić information content (AvgIpc) is 3.17. The fraction of sp³-hybridized carbons (Fsp3) is 0.545. The number of benzene rings is 2. The smallest absolute Gasteiger partial charge is 0.315 e. The van der Waals surface area contributed by atoms with Crippen LogP contribution >= 0.6 is 0 Å². The number of anilines is 1. The van der Waals surface area contributed by atoms with Gasteiger partial charge < -0.3 is 25.3 Å². The number of carbonyl (C=O) groups excluding carboxylic acids is 3. The Labute approximate surface area is 244 Å². The van der Waals surface area contributed by atoms with E-state index in [0.29, 0.717) is 38.8 Å². The van der Waals surface area contributed by atoms with Gasteiger partial charge in [0.05, 0.1) is 5.41 Å². The number of amides is 4. The van der Waals surface area contributed by atoms with E-state index in [4.69, 9.17) is 0 Å². The summed E-state index contributed by atoms with van der Waals surface area (Å²) < 4.78 is 0. The minimum absolute atomic E-state index is 0.0449. The number of nitrogens with one attached hydrogen (secondary N) is 2. The predicted octanol–water partition coefficient (Wildman–Crippen LogP) is 4.09. The number of carbonyl (C=O) groups is 3. The molecule has 41 heavy (non-hydrogen) atoms. The summed E-state index contributed by atoms with van der Waals surface area (Å²) in [6, 6.07) is 17.3. The Morgan fingerprint density at radius 1 is 0.927 bits per heavy atom. The number of urea groups is 1. The molecule has 0 bridgehead atoms. The molecule has 0 aliphatic carbocycles. The second kappa shape index (κ2) is 11.8. The molecule has 2 saturated heterocycles. The van der Waals surface area contributed by atoms with Gasteiger partial charge in [-0.05, 0) is 83.5 Å². The van der Waals surface area contributed by atoms with Crippen molar-refractivity contribution >= 4 is 23.5 Å². The van der Waals surface area contributed by atoms with Gasteiger partial charge in [0.25, 0.3) is 0 Å². The molecule has 220 valence electrons. The van der Waals surface area contributed by atoms with Crippen molar-refractivity contribution in [1.29, 1.82) is 0 Å². The molecule has 0 saturated carbocycles. The van der Waals surface area contributed by atoms with Crippen LogP contribution < -0.4 is 15.5 Å². The first kappa shape index (κ1) is 29.1. The number of nitrogens with zero attached hydrogens (tertiary/aromatic N) is 3. The molecule has 8 nitrogen and oxygen atoms in total. The molecule has 2 aromatic carbocycles. The molecule has 0 aromatic heterocycles. The van der Waals surface area contributed by atoms with Crippen LogP contribution in [0.4, 0.5) is 10.5 Å². The number of piperidine rings is 2. The molecule has 2 aromatic rings. The quantitative estimate of drug-likeness (QED) is 0.535. The van der Waals surface area contributed by atoms with Crippen LogP contribution in [-0.4, -0.2) is 78.5 Å². The van der Waals surface area contributed by atoms with Crippen molar-refractivity contribution in [2.75, 3.05) is 38.1 Å². The number of para-hydroxylation sites is 1. The lowest BCUT2D eigenvalue weighted by Gasteiger charge is -2.40. The van der Waals surface area contributed by atoms with E-state index in [9.17, 15) is 14.4 Å². The second-order valence-corrected chi connectivity index (χ2v) is 12.9. The molecule has 2 N–H and O–H groups in total. The van der Waals surface area contributed by atoms with Crippen LogP contribution in [0.3, 0.4) is 0 Å². The summed E-state index contributed by atoms with van der Waals surface area (Å²) in [7, 11) is 2.10. The zero-order valence-corrected chi connectivity index (χ0v) is 25.0. The summed E-state index contributed by atoms with van der Waals surface area (Å²) in [5.74, 6) is 0.0847. The highest BCUT2D eigenvalue weighted by atomic mass is 16.2. The number of fused-ring (bicyclic) bond motifs is 1. The van der Waals surface area contributed by atoms with Crippen LogP contribution in [0.5, 0.6) is 0 Å². The van der Waals surface area contributed by atoms with E-state index in [1.165, 1.54) is 0 Å². The van der Waals surface area contributed by atoms with Crippen molar-refractivity contribution in [1.82, 2.24) is 20.4 Å². The van der Waals surface area contributed by atoms with Crippen molar-refractivity contribution in [3.63, 3.8) is 0 Å². The van der Waals surface area contributed by atoms with Gasteiger partial charge in [0.2, 0.25) is 11.8 Å². The summed E-state index contributed by atoms with van der Waals surface area (Å²) in [6.45, 7) is 9.06. The molecular weight excluding hydrogens is 514 g/mol. The minimum atomic E-state index is -0.616. The van der Waals surface area contributed by atoms with Crippen LogP contribution in [0.1, 0.15) is 64.0 Å². The number of hydrogen-bond donors (Lipinski definition) is 2. The lowest BCUT2D eigenvalue weighted by Crippen LogP contribution is -2.59. The van der Waals surface area contributed by atoms with E-state index < -0.39 is 11.5 Å². The summed E-state index contributed by atoms with van der Waals surface area (Å²) >= 11 is 0. The largest absolute Gasteiger partial charge is 0.341 e. The molecule has 3 aliphatic rings. The van der Waals surface area contributed by atoms with Crippen molar-refractivity contribution in [3.05, 3.63) is 65.7 Å². The summed E-state index contributed by atoms with van der Waals surface area (Å²) in [6.07, 6.45) is 4.41. The molecule has 5 rings (SSSR count). The molecule has 8 heteroatoms. The summed E-state index contributed by atoms with van der Waals surface area (Å²) in [5.41, 5.74) is 2.37. The molecule has 0 spiro atoms. The van der Waals surface area contributed by atoms with Gasteiger partial charge in [-0.3, -0.25) is 9.59 Å². The van der Waals surface area contributed by atoms with E-state index >= 15 is 0 Å². The van der Waals surface area contributed by atoms with E-state index in [0.717, 1.165) is 42.7 Å². The first-order chi connectivity index (χ1) is 19.6. The first-order valence-corrected chi connectivity index (χ1v) is 15.1. The summed E-state index contributed by atoms with van der Waals surface area (Å²) in [5, 5.41) is 6.22. The van der Waals surface area contributed by atoms with E-state index in [2.05, 4.69) is 41.6 Å². The molecule has 4 amide bonds. The number of hydrogen-bond acceptors (Lipinski definition) is 4. The topological polar surface area (TPSA) is 85.0 Å². The van der Waals surface area contributed by atoms with Gasteiger partial charge >= 0.3 is 6.03 Å². The fourth-order valence-electron chi connectivity index (χ4n) is 6.58. The van der Waals surface area contributed by atoms with Crippen molar-refractivity contribution in [3.8, 4) is 0 Å². The van der Waals surface area contributed by atoms with Gasteiger partial charge in [-0.2, -0.15) is 0 Å². The van der Waals surface area contributed by atoms with Crippen molar-refractivity contribution < 1.29 is 14.4 Å². The van der Waals surface area contributed by atoms with E-state index in [-0.39, 0.29) is 29.4 Å². The molecular formula is C33H45N5O3. The maximum atomic E-state index is 13.9. The molecule has 0 radical (unpaired) electrons. The van der Waals surface area contributed by atoms with Crippen LogP contribution in [-0.2, 0) is 21.4 Å². The fourth-order valence-corrected chi connectivity index (χ4v) is 6.58. The third-order valence-electron chi connectivity index (χ3n) is 9.41. The van der Waals surface area contributed by atoms with E-state index in [1.54, 1.807) is 0 Å². The Balaban J connectivity index is 1.24. The SMILES string of the molecule is CN1CCC(C)(NC(=O)NC(CCc2ccccc2)C(=O)N2CCC(N3C(=O)C(C)(C)c4ccccc43)CC2)CC1. The number of likely N-dealkylation sites (tertiary alicyclic amines) is 2. The Morgan fingerprint density at radius 3 is 2.24 bits per heavy atom. The van der Waals surface area contributed by atoms with Crippen LogP contribution in [0.2, 0.25) is 0 Å². The Morgan fingerprint density at radius 2 is 1.56 bits per heavy atom. The molecule has 1 unspecified atom stereocenters. The van der Waals surface area contributed by atoms with Gasteiger partial charge in [0.15, 0.2) is 0 Å². The zero-order valence-electron chi connectivity index (χ0n) is 25.0. The van der Waals surface area contributed by atoms with Gasteiger partial charge in [0.1, 0.15) is 6.04 Å². The highest BCUT2D eigenvalue weighted by molar-refractivity contribution is 6.08. The minimum Gasteiger partial charge on any atom is -0.341 e. The van der Waals surface area contributed by atoms with Crippen LogP contribution in [0.25, 0.3) is 0 Å². The van der Waals surface area contributed by atoms with Crippen LogP contribution in [0.15, 0.2) is 54.6 Å². The lowest BCUT2D eigenvalue weighted by molar-refractivity contribution is -0.134. The zero-order chi connectivity index (χ0) is 29.2. The Kier molecular flexibility index (Phi) is 8.41. The standard InChI is InChI=1S/C33H45N5O3/c1-32(2)26-12-8-9-13-28(26)38(30(32)40)25-16-20-37(21-17-25)29(39)27(15-14-24-10-6-5-7-11-24)34-31(41)35-33(3)18-22-36(4)23-19-33/h5-13,25,27H,14-23H2,1-4H3,(H2,34,35,41). The van der Waals surface area contributed by atoms with Gasteiger partial charge in [-0.25, -0.2) is 4.79 Å². The molecule has 3 heterocycles. The molecule has 1 atom stereocenters. The lowest BCUT2D eigenvalue weighted by atomic mass is 9.86. The maximum absolute atomic E-state index is 13.9. The third-order valence-corrected chi connectivity index (χ3v) is 9.41. The van der Waals surface area contributed by atoms with Gasteiger partial charge in [0, 0.05) is 43.4 Å². The number of rotatable bonds is 7. The normalized spacial score (nSPS) is 21.3. The van der Waals surface area contributed by atoms with E-state index in [1.807, 2.05) is 66.1 Å². The predicted molar refractivity (Wildman–Crippen MR) is 162 cm³/mol. The van der Waals surface area contributed by atoms with Crippen molar-refractivity contribution in [2.45, 2.75) is 82.3 Å². The highest BCUT2D eigenvalue weighted by Crippen LogP contribution is 2.43. The average molecular weight is 560 g/mol. The Hall–Kier alpha value is -3.39. The molecule has 2 fully saturated rings. The first-order valence-electron chi connectivity index (χ1n) is 15.1. The third kappa shape index (κ3) is 6.27. The van der Waals surface area contributed by atoms with Gasteiger partial charge in [-0.15, -0.1) is 0 Å². The second-order valence-electron chi connectivity index (χ2n) is 12.9. The monoisotopic (exact) mass is 559 g/mol. The highest BCUT2D eigenvalue weighted by Gasteiger charge is 2.47. The number of aryl methyl sites for hydroxylation is 1. The van der Waals surface area contributed by atoms with Gasteiger partial charge in [-0.1, -0.05) is 48.5 Å². The summed E-state index contributed by atoms with van der Waals surface area (Å²) in [4.78, 5) is 46.6. The maximum Gasteiger partial charge on any atom is 0.315 e. The Bertz CT molecular complexity index is 1250. The van der Waals surface area contributed by atoms with Crippen molar-refractivity contribution in [2.24, 2.45) is 0 Å².